The number of nitrogens with two attached hydrogens (primary N) is 2. The number of anilines is 1. The van der Waals surface area contributed by atoms with Gasteiger partial charge < -0.3 is 16.0 Å². The van der Waals surface area contributed by atoms with Crippen molar-refractivity contribution in [3.63, 3.8) is 0 Å². The van der Waals surface area contributed by atoms with Crippen LogP contribution in [-0.4, -0.2) is 28.6 Å². The summed E-state index contributed by atoms with van der Waals surface area (Å²) in [4.78, 5) is 10.3. The van der Waals surface area contributed by atoms with Gasteiger partial charge in [-0.25, -0.2) is 0 Å². The Morgan fingerprint density at radius 2 is 1.93 bits per heavy atom. The van der Waals surface area contributed by atoms with Crippen molar-refractivity contribution in [1.29, 1.82) is 0 Å². The van der Waals surface area contributed by atoms with Gasteiger partial charge in [0, 0.05) is 0 Å². The van der Waals surface area contributed by atoms with E-state index in [1.165, 1.54) is 6.20 Å². The quantitative estimate of drug-likeness (QED) is 0.427. The van der Waals surface area contributed by atoms with Gasteiger partial charge in [-0.2, -0.15) is 8.42 Å². The number of amides is 1. The molecule has 0 aliphatic carbocycles. The summed E-state index contributed by atoms with van der Waals surface area (Å²) < 4.78 is 35.9. The smallest absolute Gasteiger partial charge is 0.367 e. The maximum absolute atomic E-state index is 10.3. The Bertz CT molecular complexity index is 400. The largest absolute Gasteiger partial charge is 0.394 e. The zero-order chi connectivity index (χ0) is 11.4. The molecule has 0 aliphatic heterocycles. The number of nitrogens with zero attached hydrogens (tertiary/aromatic N) is 1. The highest BCUT2D eigenvalue weighted by Crippen LogP contribution is 2.06. The summed E-state index contributed by atoms with van der Waals surface area (Å²) in [6.07, 6.45) is 1.18. The minimum absolute atomic E-state index is 0.0394. The number of hydrogen-bond donors (Lipinski definition) is 4. The molecule has 6 N–H and O–H groups in total. The Balaban J connectivity index is 0.000000292. The van der Waals surface area contributed by atoms with Crippen molar-refractivity contribution >= 4 is 22.2 Å². The first-order chi connectivity index (χ1) is 6.22. The third kappa shape index (κ3) is 5.93. The molecule has 0 radical (unpaired) electrons. The highest BCUT2D eigenvalue weighted by Gasteiger charge is 2.07. The van der Waals surface area contributed by atoms with Crippen LogP contribution in [0.2, 0.25) is 0 Å². The highest BCUT2D eigenvalue weighted by atomic mass is 32.3. The molecule has 0 aromatic carbocycles. The summed E-state index contributed by atoms with van der Waals surface area (Å²) in [7, 11) is -4.67. The Kier molecular flexibility index (Phi) is 4.01. The molecule has 1 aromatic heterocycles. The van der Waals surface area contributed by atoms with Crippen molar-refractivity contribution in [2.75, 3.05) is 5.73 Å². The normalized spacial score (nSPS) is 10.1. The molecule has 0 spiro atoms. The number of rotatable bonds is 1. The molecule has 0 saturated carbocycles. The Morgan fingerprint density at radius 3 is 2.07 bits per heavy atom. The summed E-state index contributed by atoms with van der Waals surface area (Å²) in [6.45, 7) is 0. The first-order valence-corrected chi connectivity index (χ1v) is 4.31. The molecule has 1 heterocycles. The molecule has 14 heavy (non-hydrogen) atoms. The minimum atomic E-state index is -4.67. The predicted molar refractivity (Wildman–Crippen MR) is 43.6 cm³/mol. The standard InChI is InChI=1S/C4H5N3O2.H2O4S/c5-3(8)2-1-7-9-4(2)6;1-5(2,3)4/h1H,6H2,(H2,5,8);(H2,1,2,3,4). The summed E-state index contributed by atoms with van der Waals surface area (Å²) in [6, 6.07) is 0. The summed E-state index contributed by atoms with van der Waals surface area (Å²) in [5, 5.41) is 3.24. The molecular formula is C4H7N3O6S. The van der Waals surface area contributed by atoms with Crippen LogP contribution in [0.3, 0.4) is 0 Å². The van der Waals surface area contributed by atoms with Gasteiger partial charge in [0.1, 0.15) is 5.56 Å². The number of hydrogen-bond acceptors (Lipinski definition) is 6. The van der Waals surface area contributed by atoms with E-state index >= 15 is 0 Å². The van der Waals surface area contributed by atoms with Crippen molar-refractivity contribution in [3.05, 3.63) is 11.8 Å². The van der Waals surface area contributed by atoms with Crippen molar-refractivity contribution in [2.24, 2.45) is 5.73 Å². The summed E-state index contributed by atoms with van der Waals surface area (Å²) >= 11 is 0. The maximum Gasteiger partial charge on any atom is 0.394 e. The van der Waals surface area contributed by atoms with E-state index in [4.69, 9.17) is 29.0 Å². The number of nitrogen functional groups attached to an aromatic ring is 1. The van der Waals surface area contributed by atoms with E-state index in [1.807, 2.05) is 0 Å². The van der Waals surface area contributed by atoms with Gasteiger partial charge >= 0.3 is 10.4 Å². The molecule has 10 heteroatoms. The minimum Gasteiger partial charge on any atom is -0.367 e. The topological polar surface area (TPSA) is 170 Å². The van der Waals surface area contributed by atoms with E-state index in [2.05, 4.69) is 9.68 Å². The molecule has 1 aromatic rings. The zero-order valence-electron chi connectivity index (χ0n) is 6.61. The lowest BCUT2D eigenvalue weighted by Gasteiger charge is -1.84. The molecule has 0 unspecified atom stereocenters. The molecule has 1 amide bonds. The molecule has 80 valence electrons. The van der Waals surface area contributed by atoms with E-state index < -0.39 is 16.3 Å². The van der Waals surface area contributed by atoms with E-state index in [9.17, 15) is 4.79 Å². The third-order valence-corrected chi connectivity index (χ3v) is 0.864. The fraction of sp³-hybridized carbons (Fsp3) is 0. The van der Waals surface area contributed by atoms with Crippen molar-refractivity contribution in [2.45, 2.75) is 0 Å². The lowest BCUT2D eigenvalue weighted by Crippen LogP contribution is -2.11. The average Bonchev–Trinajstić information content (AvgIpc) is 2.30. The second-order valence-electron chi connectivity index (χ2n) is 1.92. The Labute approximate surface area is 78.2 Å². The lowest BCUT2D eigenvalue weighted by molar-refractivity contribution is 0.100. The van der Waals surface area contributed by atoms with Crippen LogP contribution in [-0.2, 0) is 10.4 Å². The first-order valence-electron chi connectivity index (χ1n) is 2.91. The van der Waals surface area contributed by atoms with E-state index in [0.717, 1.165) is 0 Å². The van der Waals surface area contributed by atoms with E-state index in [-0.39, 0.29) is 11.4 Å². The molecule has 0 saturated heterocycles. The van der Waals surface area contributed by atoms with Crippen LogP contribution >= 0.6 is 0 Å². The van der Waals surface area contributed by atoms with Gasteiger partial charge in [-0.3, -0.25) is 13.9 Å². The Hall–Kier alpha value is -1.65. The monoisotopic (exact) mass is 225 g/mol. The van der Waals surface area contributed by atoms with Crippen LogP contribution in [0.25, 0.3) is 0 Å². The van der Waals surface area contributed by atoms with Crippen LogP contribution in [0.15, 0.2) is 10.7 Å². The lowest BCUT2D eigenvalue weighted by atomic mass is 10.3. The number of primary amides is 1. The molecule has 0 atom stereocenters. The second kappa shape index (κ2) is 4.55. The van der Waals surface area contributed by atoms with E-state index in [1.54, 1.807) is 0 Å². The number of carbonyl (C=O) groups excluding carboxylic acids is 1. The highest BCUT2D eigenvalue weighted by molar-refractivity contribution is 7.79. The predicted octanol–water partition coefficient (Wildman–Crippen LogP) is -1.30. The first kappa shape index (κ1) is 12.3. The van der Waals surface area contributed by atoms with Gasteiger partial charge in [-0.15, -0.1) is 0 Å². The van der Waals surface area contributed by atoms with E-state index in [0.29, 0.717) is 0 Å². The third-order valence-electron chi connectivity index (χ3n) is 0.864. The van der Waals surface area contributed by atoms with Crippen LogP contribution in [0, 0.1) is 0 Å². The fourth-order valence-electron chi connectivity index (χ4n) is 0.434. The molecule has 1 rings (SSSR count). The van der Waals surface area contributed by atoms with Gasteiger partial charge in [0.2, 0.25) is 5.88 Å². The van der Waals surface area contributed by atoms with Gasteiger partial charge in [0.25, 0.3) is 5.91 Å². The zero-order valence-corrected chi connectivity index (χ0v) is 7.43. The van der Waals surface area contributed by atoms with Gasteiger partial charge in [0.05, 0.1) is 6.20 Å². The van der Waals surface area contributed by atoms with Gasteiger partial charge in [0.15, 0.2) is 0 Å². The van der Waals surface area contributed by atoms with Gasteiger partial charge in [-0.05, 0) is 0 Å². The molecular weight excluding hydrogens is 218 g/mol. The summed E-state index contributed by atoms with van der Waals surface area (Å²) in [5.41, 5.74) is 10.1. The second-order valence-corrected chi connectivity index (χ2v) is 2.81. The molecule has 0 aliphatic rings. The number of aromatic nitrogens is 1. The fourth-order valence-corrected chi connectivity index (χ4v) is 0.434. The molecule has 0 fully saturated rings. The molecule has 9 nitrogen and oxygen atoms in total. The van der Waals surface area contributed by atoms with Gasteiger partial charge in [-0.1, -0.05) is 5.16 Å². The van der Waals surface area contributed by atoms with Crippen LogP contribution in [0.1, 0.15) is 10.4 Å². The van der Waals surface area contributed by atoms with Crippen molar-refractivity contribution in [3.8, 4) is 0 Å². The van der Waals surface area contributed by atoms with Crippen LogP contribution < -0.4 is 11.5 Å². The van der Waals surface area contributed by atoms with Crippen molar-refractivity contribution in [1.82, 2.24) is 5.16 Å². The SMILES string of the molecule is NC(=O)c1cnoc1N.O=S(=O)(O)O. The summed E-state index contributed by atoms with van der Waals surface area (Å²) in [5.74, 6) is -0.670. The Morgan fingerprint density at radius 1 is 1.50 bits per heavy atom. The van der Waals surface area contributed by atoms with Crippen LogP contribution in [0.5, 0.6) is 0 Å². The number of carbonyl (C=O) groups is 1. The van der Waals surface area contributed by atoms with Crippen LogP contribution in [0.4, 0.5) is 5.88 Å². The van der Waals surface area contributed by atoms with Crippen molar-refractivity contribution < 1.29 is 26.8 Å². The molecule has 0 bridgehead atoms. The average molecular weight is 225 g/mol. The maximum atomic E-state index is 10.3.